The van der Waals surface area contributed by atoms with Gasteiger partial charge in [-0.2, -0.15) is 4.31 Å². The first-order valence-electron chi connectivity index (χ1n) is 5.63. The van der Waals surface area contributed by atoms with Crippen LogP contribution in [0.25, 0.3) is 0 Å². The number of carbonyl (C=O) groups excluding carboxylic acids is 1. The topological polar surface area (TPSA) is 68.6 Å². The minimum absolute atomic E-state index is 0.106. The highest BCUT2D eigenvalue weighted by molar-refractivity contribution is 7.89. The molecule has 1 heterocycles. The van der Waals surface area contributed by atoms with Crippen LogP contribution < -0.4 is 0 Å². The summed E-state index contributed by atoms with van der Waals surface area (Å²) in [5.74, 6) is -0.557. The second-order valence-electron chi connectivity index (χ2n) is 3.75. The highest BCUT2D eigenvalue weighted by atomic mass is 32.2. The summed E-state index contributed by atoms with van der Waals surface area (Å²) in [5, 5.41) is 0. The molecule has 0 saturated heterocycles. The summed E-state index contributed by atoms with van der Waals surface area (Å²) < 4.78 is 31.8. The first-order valence-corrected chi connectivity index (χ1v) is 7.07. The molecule has 0 aliphatic rings. The Morgan fingerprint density at radius 3 is 2.39 bits per heavy atom. The number of esters is 1. The van der Waals surface area contributed by atoms with Gasteiger partial charge in [-0.05, 0) is 6.07 Å². The Labute approximate surface area is 107 Å². The maximum atomic E-state index is 12.2. The van der Waals surface area contributed by atoms with E-state index in [1.807, 2.05) is 0 Å². The van der Waals surface area contributed by atoms with Crippen LogP contribution in [0.1, 0.15) is 24.3 Å². The number of aryl methyl sites for hydroxylation is 1. The molecule has 0 bridgehead atoms. The van der Waals surface area contributed by atoms with Crippen molar-refractivity contribution in [3.05, 3.63) is 18.0 Å². The lowest BCUT2D eigenvalue weighted by molar-refractivity contribution is 0.0590. The number of hydrogen-bond acceptors (Lipinski definition) is 4. The van der Waals surface area contributed by atoms with Crippen molar-refractivity contribution >= 4 is 16.0 Å². The van der Waals surface area contributed by atoms with Gasteiger partial charge in [0.15, 0.2) is 0 Å². The molecule has 0 amide bonds. The first-order chi connectivity index (χ1) is 8.38. The van der Waals surface area contributed by atoms with Crippen LogP contribution >= 0.6 is 0 Å². The second kappa shape index (κ2) is 5.53. The third kappa shape index (κ3) is 2.56. The van der Waals surface area contributed by atoms with E-state index in [1.54, 1.807) is 20.9 Å². The number of ether oxygens (including phenoxy) is 1. The molecule has 7 heteroatoms. The molecule has 102 valence electrons. The smallest absolute Gasteiger partial charge is 0.354 e. The van der Waals surface area contributed by atoms with Crippen LogP contribution in [0.2, 0.25) is 0 Å². The second-order valence-corrected chi connectivity index (χ2v) is 5.69. The first kappa shape index (κ1) is 14.7. The molecule has 0 fully saturated rings. The standard InChI is InChI=1S/C11H18N2O4S/c1-5-13(6-2)18(15,16)9-7-10(11(14)17-4)12(3)8-9/h7-8H,5-6H2,1-4H3. The third-order valence-corrected chi connectivity index (χ3v) is 4.73. The fourth-order valence-electron chi connectivity index (χ4n) is 1.70. The molecule has 0 saturated carbocycles. The molecule has 6 nitrogen and oxygen atoms in total. The van der Waals surface area contributed by atoms with E-state index in [-0.39, 0.29) is 10.6 Å². The zero-order chi connectivity index (χ0) is 13.9. The number of sulfonamides is 1. The van der Waals surface area contributed by atoms with Crippen molar-refractivity contribution in [1.82, 2.24) is 8.87 Å². The third-order valence-electron chi connectivity index (χ3n) is 2.72. The zero-order valence-corrected chi connectivity index (χ0v) is 11.8. The molecule has 0 N–H and O–H groups in total. The van der Waals surface area contributed by atoms with Gasteiger partial charge in [0.25, 0.3) is 0 Å². The lowest BCUT2D eigenvalue weighted by Gasteiger charge is -2.17. The van der Waals surface area contributed by atoms with Crippen LogP contribution in [0, 0.1) is 0 Å². The Bertz CT molecular complexity index is 529. The van der Waals surface area contributed by atoms with Crippen molar-refractivity contribution in [3.63, 3.8) is 0 Å². The van der Waals surface area contributed by atoms with Crippen LogP contribution in [-0.2, 0) is 21.8 Å². The fraction of sp³-hybridized carbons (Fsp3) is 0.545. The lowest BCUT2D eigenvalue weighted by Crippen LogP contribution is -2.30. The van der Waals surface area contributed by atoms with E-state index in [2.05, 4.69) is 4.74 Å². The Hall–Kier alpha value is -1.34. The number of rotatable bonds is 5. The highest BCUT2D eigenvalue weighted by Gasteiger charge is 2.25. The van der Waals surface area contributed by atoms with E-state index in [4.69, 9.17) is 0 Å². The van der Waals surface area contributed by atoms with E-state index >= 15 is 0 Å². The van der Waals surface area contributed by atoms with Crippen molar-refractivity contribution in [2.24, 2.45) is 7.05 Å². The van der Waals surface area contributed by atoms with E-state index in [0.717, 1.165) is 0 Å². The molecule has 0 aliphatic carbocycles. The number of aromatic nitrogens is 1. The molecular formula is C11H18N2O4S. The molecule has 0 aromatic carbocycles. The number of methoxy groups -OCH3 is 1. The molecule has 1 aromatic heterocycles. The average Bonchev–Trinajstić information content (AvgIpc) is 2.72. The summed E-state index contributed by atoms with van der Waals surface area (Å²) in [4.78, 5) is 11.5. The van der Waals surface area contributed by atoms with E-state index in [1.165, 1.54) is 28.2 Å². The largest absolute Gasteiger partial charge is 0.464 e. The van der Waals surface area contributed by atoms with Gasteiger partial charge in [-0.25, -0.2) is 13.2 Å². The van der Waals surface area contributed by atoms with E-state index in [0.29, 0.717) is 13.1 Å². The predicted molar refractivity (Wildman–Crippen MR) is 66.9 cm³/mol. The van der Waals surface area contributed by atoms with Gasteiger partial charge in [-0.1, -0.05) is 13.8 Å². The summed E-state index contributed by atoms with van der Waals surface area (Å²) in [5.41, 5.74) is 0.211. The van der Waals surface area contributed by atoms with Gasteiger partial charge < -0.3 is 9.30 Å². The normalized spacial score (nSPS) is 11.8. The SMILES string of the molecule is CCN(CC)S(=O)(=O)c1cc(C(=O)OC)n(C)c1. The summed E-state index contributed by atoms with van der Waals surface area (Å²) in [6, 6.07) is 1.33. The molecule has 0 unspecified atom stereocenters. The van der Waals surface area contributed by atoms with Crippen molar-refractivity contribution in [1.29, 1.82) is 0 Å². The Kier molecular flexibility index (Phi) is 4.53. The van der Waals surface area contributed by atoms with Gasteiger partial charge >= 0.3 is 5.97 Å². The van der Waals surface area contributed by atoms with Gasteiger partial charge in [0, 0.05) is 26.3 Å². The zero-order valence-electron chi connectivity index (χ0n) is 11.0. The molecule has 0 atom stereocenters. The Balaban J connectivity index is 3.23. The van der Waals surface area contributed by atoms with Crippen molar-refractivity contribution in [2.45, 2.75) is 18.7 Å². The van der Waals surface area contributed by atoms with Gasteiger partial charge in [0.1, 0.15) is 10.6 Å². The molecule has 18 heavy (non-hydrogen) atoms. The lowest BCUT2D eigenvalue weighted by atomic mass is 10.4. The minimum atomic E-state index is -3.54. The van der Waals surface area contributed by atoms with Gasteiger partial charge in [-0.15, -0.1) is 0 Å². The molecular weight excluding hydrogens is 256 g/mol. The van der Waals surface area contributed by atoms with Gasteiger partial charge in [-0.3, -0.25) is 0 Å². The number of carbonyl (C=O) groups is 1. The molecule has 0 aliphatic heterocycles. The Morgan fingerprint density at radius 2 is 1.94 bits per heavy atom. The van der Waals surface area contributed by atoms with E-state index < -0.39 is 16.0 Å². The predicted octanol–water partition coefficient (Wildman–Crippen LogP) is 0.842. The number of nitrogens with zero attached hydrogens (tertiary/aromatic N) is 2. The van der Waals surface area contributed by atoms with Gasteiger partial charge in [0.2, 0.25) is 10.0 Å². The summed E-state index contributed by atoms with van der Waals surface area (Å²) in [7, 11) is -0.677. The quantitative estimate of drug-likeness (QED) is 0.746. The summed E-state index contributed by atoms with van der Waals surface area (Å²) in [6.45, 7) is 4.32. The molecule has 0 spiro atoms. The average molecular weight is 274 g/mol. The van der Waals surface area contributed by atoms with Gasteiger partial charge in [0.05, 0.1) is 7.11 Å². The van der Waals surface area contributed by atoms with Crippen molar-refractivity contribution in [3.8, 4) is 0 Å². The summed E-state index contributed by atoms with van der Waals surface area (Å²) >= 11 is 0. The molecule has 0 radical (unpaired) electrons. The van der Waals surface area contributed by atoms with Crippen LogP contribution in [0.4, 0.5) is 0 Å². The molecule has 1 aromatic rings. The van der Waals surface area contributed by atoms with Crippen LogP contribution in [0.5, 0.6) is 0 Å². The minimum Gasteiger partial charge on any atom is -0.464 e. The summed E-state index contributed by atoms with van der Waals surface area (Å²) in [6.07, 6.45) is 1.42. The monoisotopic (exact) mass is 274 g/mol. The van der Waals surface area contributed by atoms with Crippen molar-refractivity contribution in [2.75, 3.05) is 20.2 Å². The highest BCUT2D eigenvalue weighted by Crippen LogP contribution is 2.18. The van der Waals surface area contributed by atoms with Crippen LogP contribution in [0.15, 0.2) is 17.2 Å². The number of hydrogen-bond donors (Lipinski definition) is 0. The van der Waals surface area contributed by atoms with Crippen LogP contribution in [-0.4, -0.2) is 43.5 Å². The van der Waals surface area contributed by atoms with Crippen LogP contribution in [0.3, 0.4) is 0 Å². The fourth-order valence-corrected chi connectivity index (χ4v) is 3.23. The maximum Gasteiger partial charge on any atom is 0.354 e. The maximum absolute atomic E-state index is 12.2. The van der Waals surface area contributed by atoms with E-state index in [9.17, 15) is 13.2 Å². The van der Waals surface area contributed by atoms with Crippen molar-refractivity contribution < 1.29 is 17.9 Å². The molecule has 1 rings (SSSR count). The Morgan fingerprint density at radius 1 is 1.39 bits per heavy atom.